The average molecular weight is 308 g/mol. The van der Waals surface area contributed by atoms with Gasteiger partial charge in [-0.25, -0.2) is 9.59 Å². The minimum Gasteiger partial charge on any atom is -0.507 e. The van der Waals surface area contributed by atoms with Gasteiger partial charge < -0.3 is 15.3 Å². The first kappa shape index (κ1) is 14.6. The summed E-state index contributed by atoms with van der Waals surface area (Å²) in [6, 6.07) is 14.7. The molecule has 0 spiro atoms. The normalized spacial score (nSPS) is 10.6. The summed E-state index contributed by atoms with van der Waals surface area (Å²) in [5.74, 6) is -2.46. The van der Waals surface area contributed by atoms with Crippen LogP contribution in [0.25, 0.3) is 21.9 Å². The van der Waals surface area contributed by atoms with Gasteiger partial charge in [0.05, 0.1) is 5.56 Å². The number of benzene rings is 3. The fourth-order valence-electron chi connectivity index (χ4n) is 2.44. The monoisotopic (exact) mass is 308 g/mol. The number of fused-ring (bicyclic) bond motifs is 1. The minimum atomic E-state index is -1.19. The van der Waals surface area contributed by atoms with E-state index in [0.717, 1.165) is 16.5 Å². The van der Waals surface area contributed by atoms with E-state index in [4.69, 9.17) is 10.2 Å². The Kier molecular flexibility index (Phi) is 3.46. The maximum absolute atomic E-state index is 11.1. The lowest BCUT2D eigenvalue weighted by Crippen LogP contribution is -1.96. The van der Waals surface area contributed by atoms with Crippen molar-refractivity contribution in [3.05, 3.63) is 65.7 Å². The van der Waals surface area contributed by atoms with Crippen molar-refractivity contribution in [3.63, 3.8) is 0 Å². The van der Waals surface area contributed by atoms with Crippen LogP contribution in [0, 0.1) is 0 Å². The molecule has 0 fully saturated rings. The molecule has 0 bridgehead atoms. The number of aromatic carboxylic acids is 2. The van der Waals surface area contributed by atoms with Gasteiger partial charge in [0.25, 0.3) is 0 Å². The van der Waals surface area contributed by atoms with E-state index in [2.05, 4.69) is 0 Å². The Balaban J connectivity index is 2.10. The fraction of sp³-hybridized carbons (Fsp3) is 0. The molecule has 5 nitrogen and oxygen atoms in total. The third kappa shape index (κ3) is 2.72. The lowest BCUT2D eigenvalue weighted by atomic mass is 9.98. The molecule has 3 aromatic rings. The van der Waals surface area contributed by atoms with Gasteiger partial charge in [-0.15, -0.1) is 0 Å². The van der Waals surface area contributed by atoms with Crippen LogP contribution in [-0.2, 0) is 0 Å². The van der Waals surface area contributed by atoms with Crippen molar-refractivity contribution in [1.82, 2.24) is 0 Å². The van der Waals surface area contributed by atoms with Crippen molar-refractivity contribution in [1.29, 1.82) is 0 Å². The molecule has 0 unspecified atom stereocenters. The molecule has 5 heteroatoms. The highest BCUT2D eigenvalue weighted by molar-refractivity contribution is 5.98. The number of carboxylic acid groups (broad SMARTS) is 2. The maximum Gasteiger partial charge on any atom is 0.339 e. The molecular weight excluding hydrogens is 296 g/mol. The standard InChI is InChI=1S/C18H12O5/c19-16-9-13-6-5-12(7-14(13)8-15(16)18(22)23)10-1-3-11(4-2-10)17(20)21/h1-9,19H,(H,20,21)(H,22,23). The van der Waals surface area contributed by atoms with Crippen molar-refractivity contribution < 1.29 is 24.9 Å². The molecule has 3 rings (SSSR count). The molecule has 114 valence electrons. The second-order valence-electron chi connectivity index (χ2n) is 5.12. The minimum absolute atomic E-state index is 0.157. The van der Waals surface area contributed by atoms with E-state index in [1.54, 1.807) is 24.3 Å². The number of carbonyl (C=O) groups is 2. The Morgan fingerprint density at radius 1 is 0.696 bits per heavy atom. The Hall–Kier alpha value is -3.34. The van der Waals surface area contributed by atoms with Crippen LogP contribution in [0.2, 0.25) is 0 Å². The van der Waals surface area contributed by atoms with E-state index in [1.807, 2.05) is 6.07 Å². The van der Waals surface area contributed by atoms with Crippen LogP contribution in [0.3, 0.4) is 0 Å². The molecule has 0 aliphatic rings. The lowest BCUT2D eigenvalue weighted by Gasteiger charge is -2.07. The van der Waals surface area contributed by atoms with E-state index in [0.29, 0.717) is 5.39 Å². The Bertz CT molecular complexity index is 926. The molecule has 0 aromatic heterocycles. The van der Waals surface area contributed by atoms with Crippen LogP contribution >= 0.6 is 0 Å². The van der Waals surface area contributed by atoms with Crippen LogP contribution in [-0.4, -0.2) is 27.3 Å². The summed E-state index contributed by atoms with van der Waals surface area (Å²) in [4.78, 5) is 22.0. The topological polar surface area (TPSA) is 94.8 Å². The van der Waals surface area contributed by atoms with E-state index >= 15 is 0 Å². The van der Waals surface area contributed by atoms with Crippen molar-refractivity contribution in [3.8, 4) is 16.9 Å². The summed E-state index contributed by atoms with van der Waals surface area (Å²) < 4.78 is 0. The van der Waals surface area contributed by atoms with Crippen LogP contribution in [0.1, 0.15) is 20.7 Å². The average Bonchev–Trinajstić information content (AvgIpc) is 2.53. The van der Waals surface area contributed by atoms with E-state index in [1.165, 1.54) is 24.3 Å². The molecule has 0 saturated heterocycles. The van der Waals surface area contributed by atoms with Gasteiger partial charge in [-0.05, 0) is 52.2 Å². The highest BCUT2D eigenvalue weighted by Gasteiger charge is 2.11. The van der Waals surface area contributed by atoms with Gasteiger partial charge in [0, 0.05) is 0 Å². The predicted molar refractivity (Wildman–Crippen MR) is 85.0 cm³/mol. The lowest BCUT2D eigenvalue weighted by molar-refractivity contribution is 0.0684. The van der Waals surface area contributed by atoms with Crippen molar-refractivity contribution in [2.75, 3.05) is 0 Å². The Morgan fingerprint density at radius 3 is 1.96 bits per heavy atom. The molecule has 0 aliphatic carbocycles. The fourth-order valence-corrected chi connectivity index (χ4v) is 2.44. The maximum atomic E-state index is 11.1. The van der Waals surface area contributed by atoms with E-state index in [9.17, 15) is 14.7 Å². The molecule has 0 heterocycles. The quantitative estimate of drug-likeness (QED) is 0.687. The van der Waals surface area contributed by atoms with Gasteiger partial charge in [0.15, 0.2) is 0 Å². The number of carboxylic acids is 2. The van der Waals surface area contributed by atoms with Crippen LogP contribution in [0.4, 0.5) is 0 Å². The first-order valence-corrected chi connectivity index (χ1v) is 6.79. The number of phenols is 1. The first-order chi connectivity index (χ1) is 11.0. The third-order valence-electron chi connectivity index (χ3n) is 3.65. The summed E-state index contributed by atoms with van der Waals surface area (Å²) in [5.41, 5.74) is 1.70. The van der Waals surface area contributed by atoms with E-state index in [-0.39, 0.29) is 16.9 Å². The summed E-state index contributed by atoms with van der Waals surface area (Å²) in [7, 11) is 0. The summed E-state index contributed by atoms with van der Waals surface area (Å²) in [6.07, 6.45) is 0. The molecule has 0 amide bonds. The van der Waals surface area contributed by atoms with Gasteiger partial charge in [0.1, 0.15) is 11.3 Å². The van der Waals surface area contributed by atoms with Crippen molar-refractivity contribution in [2.24, 2.45) is 0 Å². The van der Waals surface area contributed by atoms with Crippen LogP contribution in [0.15, 0.2) is 54.6 Å². The number of rotatable bonds is 3. The molecule has 0 saturated carbocycles. The smallest absolute Gasteiger partial charge is 0.339 e. The second kappa shape index (κ2) is 5.46. The number of hydrogen-bond donors (Lipinski definition) is 3. The molecule has 23 heavy (non-hydrogen) atoms. The highest BCUT2D eigenvalue weighted by atomic mass is 16.4. The largest absolute Gasteiger partial charge is 0.507 e. The molecule has 3 aromatic carbocycles. The van der Waals surface area contributed by atoms with Gasteiger partial charge in [0.2, 0.25) is 0 Å². The second-order valence-corrected chi connectivity index (χ2v) is 5.12. The number of aromatic hydroxyl groups is 1. The molecule has 0 atom stereocenters. The molecule has 3 N–H and O–H groups in total. The molecule has 0 aliphatic heterocycles. The number of hydrogen-bond acceptors (Lipinski definition) is 3. The third-order valence-corrected chi connectivity index (χ3v) is 3.65. The van der Waals surface area contributed by atoms with Crippen LogP contribution in [0.5, 0.6) is 5.75 Å². The molecule has 0 radical (unpaired) electrons. The summed E-state index contributed by atoms with van der Waals surface area (Å²) >= 11 is 0. The van der Waals surface area contributed by atoms with E-state index < -0.39 is 11.9 Å². The zero-order valence-corrected chi connectivity index (χ0v) is 11.9. The van der Waals surface area contributed by atoms with Gasteiger partial charge in [-0.2, -0.15) is 0 Å². The van der Waals surface area contributed by atoms with Gasteiger partial charge >= 0.3 is 11.9 Å². The Labute approximate surface area is 131 Å². The summed E-state index contributed by atoms with van der Waals surface area (Å²) in [6.45, 7) is 0. The van der Waals surface area contributed by atoms with Crippen LogP contribution < -0.4 is 0 Å². The van der Waals surface area contributed by atoms with Crippen molar-refractivity contribution in [2.45, 2.75) is 0 Å². The van der Waals surface area contributed by atoms with Crippen molar-refractivity contribution >= 4 is 22.7 Å². The SMILES string of the molecule is O=C(O)c1ccc(-c2ccc3cc(O)c(C(=O)O)cc3c2)cc1. The van der Waals surface area contributed by atoms with Gasteiger partial charge in [-0.1, -0.05) is 24.3 Å². The first-order valence-electron chi connectivity index (χ1n) is 6.79. The summed E-state index contributed by atoms with van der Waals surface area (Å²) in [5, 5.41) is 29.1. The zero-order valence-electron chi connectivity index (χ0n) is 11.9. The Morgan fingerprint density at radius 2 is 1.35 bits per heavy atom. The predicted octanol–water partition coefficient (Wildman–Crippen LogP) is 3.61. The molecular formula is C18H12O5. The highest BCUT2D eigenvalue weighted by Crippen LogP contribution is 2.29. The zero-order chi connectivity index (χ0) is 16.6. The van der Waals surface area contributed by atoms with Gasteiger partial charge in [-0.3, -0.25) is 0 Å².